The van der Waals surface area contributed by atoms with Crippen LogP contribution in [0.4, 0.5) is 0 Å². The number of hydrogen-bond donors (Lipinski definition) is 1. The summed E-state index contributed by atoms with van der Waals surface area (Å²) in [6.07, 6.45) is 7.83. The fourth-order valence-corrected chi connectivity index (χ4v) is 2.23. The van der Waals surface area contributed by atoms with E-state index in [0.29, 0.717) is 0 Å². The quantitative estimate of drug-likeness (QED) is 0.562. The number of unbranched alkanes of at least 4 members (excludes halogenated alkanes) is 3. The van der Waals surface area contributed by atoms with E-state index >= 15 is 0 Å². The summed E-state index contributed by atoms with van der Waals surface area (Å²) in [7, 11) is 0. The SMILES string of the molecule is C=CCCCCCC(N)c1ccc(C)c(Br)c1. The molecule has 1 unspecified atom stereocenters. The monoisotopic (exact) mass is 295 g/mol. The standard InChI is InChI=1S/C15H22BrN/c1-3-4-5-6-7-8-15(17)13-10-9-12(2)14(16)11-13/h3,9-11,15H,1,4-8,17H2,2H3. The Morgan fingerprint density at radius 1 is 1.35 bits per heavy atom. The van der Waals surface area contributed by atoms with Crippen LogP contribution in [0.25, 0.3) is 0 Å². The van der Waals surface area contributed by atoms with Crippen LogP contribution >= 0.6 is 15.9 Å². The zero-order chi connectivity index (χ0) is 12.7. The maximum Gasteiger partial charge on any atom is 0.0295 e. The molecule has 1 aromatic carbocycles. The lowest BCUT2D eigenvalue weighted by Gasteiger charge is -2.13. The number of halogens is 1. The zero-order valence-corrected chi connectivity index (χ0v) is 12.2. The van der Waals surface area contributed by atoms with Crippen LogP contribution in [0.15, 0.2) is 35.3 Å². The third kappa shape index (κ3) is 5.05. The van der Waals surface area contributed by atoms with Crippen molar-refractivity contribution >= 4 is 15.9 Å². The number of aryl methyl sites for hydroxylation is 1. The van der Waals surface area contributed by atoms with Gasteiger partial charge in [0.15, 0.2) is 0 Å². The molecule has 0 radical (unpaired) electrons. The van der Waals surface area contributed by atoms with E-state index < -0.39 is 0 Å². The van der Waals surface area contributed by atoms with Gasteiger partial charge in [0.25, 0.3) is 0 Å². The van der Waals surface area contributed by atoms with Gasteiger partial charge >= 0.3 is 0 Å². The number of benzene rings is 1. The molecule has 0 heterocycles. The summed E-state index contributed by atoms with van der Waals surface area (Å²) in [6, 6.07) is 6.56. The van der Waals surface area contributed by atoms with Crippen LogP contribution in [-0.4, -0.2) is 0 Å². The molecule has 0 saturated carbocycles. The van der Waals surface area contributed by atoms with Crippen LogP contribution < -0.4 is 5.73 Å². The lowest BCUT2D eigenvalue weighted by Crippen LogP contribution is -2.10. The molecular formula is C15H22BrN. The van der Waals surface area contributed by atoms with Crippen molar-refractivity contribution in [3.63, 3.8) is 0 Å². The molecule has 1 nitrogen and oxygen atoms in total. The van der Waals surface area contributed by atoms with Crippen LogP contribution in [-0.2, 0) is 0 Å². The third-order valence-electron chi connectivity index (χ3n) is 3.05. The van der Waals surface area contributed by atoms with Crippen molar-refractivity contribution in [3.05, 3.63) is 46.5 Å². The Balaban J connectivity index is 2.38. The second kappa shape index (κ2) is 7.67. The Morgan fingerprint density at radius 2 is 2.12 bits per heavy atom. The Morgan fingerprint density at radius 3 is 2.76 bits per heavy atom. The van der Waals surface area contributed by atoms with Gasteiger partial charge in [-0.15, -0.1) is 6.58 Å². The van der Waals surface area contributed by atoms with Gasteiger partial charge in [0.05, 0.1) is 0 Å². The van der Waals surface area contributed by atoms with Crippen LogP contribution in [0.2, 0.25) is 0 Å². The second-order valence-electron chi connectivity index (χ2n) is 4.54. The van der Waals surface area contributed by atoms with E-state index in [0.717, 1.165) is 17.3 Å². The second-order valence-corrected chi connectivity index (χ2v) is 5.40. The summed E-state index contributed by atoms with van der Waals surface area (Å²) in [5, 5.41) is 0. The third-order valence-corrected chi connectivity index (χ3v) is 3.90. The van der Waals surface area contributed by atoms with Gasteiger partial charge in [0.2, 0.25) is 0 Å². The molecule has 1 aromatic rings. The van der Waals surface area contributed by atoms with E-state index in [2.05, 4.69) is 47.6 Å². The predicted molar refractivity (Wildman–Crippen MR) is 79.1 cm³/mol. The van der Waals surface area contributed by atoms with Gasteiger partial charge in [0.1, 0.15) is 0 Å². The molecule has 17 heavy (non-hydrogen) atoms. The first kappa shape index (κ1) is 14.5. The van der Waals surface area contributed by atoms with Gasteiger partial charge in [-0.1, -0.05) is 47.0 Å². The van der Waals surface area contributed by atoms with E-state index in [1.807, 2.05) is 6.08 Å². The number of nitrogens with two attached hydrogens (primary N) is 1. The first-order valence-electron chi connectivity index (χ1n) is 6.27. The largest absolute Gasteiger partial charge is 0.324 e. The van der Waals surface area contributed by atoms with Crippen molar-refractivity contribution in [2.45, 2.75) is 45.1 Å². The minimum Gasteiger partial charge on any atom is -0.324 e. The first-order chi connectivity index (χ1) is 8.15. The van der Waals surface area contributed by atoms with Crippen molar-refractivity contribution < 1.29 is 0 Å². The summed E-state index contributed by atoms with van der Waals surface area (Å²) in [4.78, 5) is 0. The summed E-state index contributed by atoms with van der Waals surface area (Å²) in [5.74, 6) is 0. The fourth-order valence-electron chi connectivity index (χ4n) is 1.84. The minimum atomic E-state index is 0.163. The fraction of sp³-hybridized carbons (Fsp3) is 0.467. The van der Waals surface area contributed by atoms with Gasteiger partial charge in [-0.05, 0) is 43.4 Å². The zero-order valence-electron chi connectivity index (χ0n) is 10.6. The molecule has 94 valence electrons. The minimum absolute atomic E-state index is 0.163. The molecular weight excluding hydrogens is 274 g/mol. The van der Waals surface area contributed by atoms with E-state index in [-0.39, 0.29) is 6.04 Å². The molecule has 1 atom stereocenters. The molecule has 0 saturated heterocycles. The van der Waals surface area contributed by atoms with E-state index in [1.54, 1.807) is 0 Å². The molecule has 0 bridgehead atoms. The molecule has 0 aliphatic carbocycles. The van der Waals surface area contributed by atoms with E-state index in [4.69, 9.17) is 5.73 Å². The van der Waals surface area contributed by atoms with Crippen LogP contribution in [0.5, 0.6) is 0 Å². The van der Waals surface area contributed by atoms with Crippen LogP contribution in [0.1, 0.15) is 49.3 Å². The van der Waals surface area contributed by atoms with Gasteiger partial charge in [0, 0.05) is 10.5 Å². The van der Waals surface area contributed by atoms with Crippen LogP contribution in [0, 0.1) is 6.92 Å². The molecule has 1 rings (SSSR count). The first-order valence-corrected chi connectivity index (χ1v) is 7.07. The Bertz CT molecular complexity index is 360. The van der Waals surface area contributed by atoms with E-state index in [1.165, 1.54) is 30.4 Å². The highest BCUT2D eigenvalue weighted by Gasteiger charge is 2.06. The lowest BCUT2D eigenvalue weighted by atomic mass is 10.00. The molecule has 0 aromatic heterocycles. The van der Waals surface area contributed by atoms with Crippen LogP contribution in [0.3, 0.4) is 0 Å². The summed E-state index contributed by atoms with van der Waals surface area (Å²) in [5.41, 5.74) is 8.67. The topological polar surface area (TPSA) is 26.0 Å². The van der Waals surface area contributed by atoms with Crippen molar-refractivity contribution in [1.29, 1.82) is 0 Å². The van der Waals surface area contributed by atoms with Crippen molar-refractivity contribution in [3.8, 4) is 0 Å². The molecule has 2 heteroatoms. The van der Waals surface area contributed by atoms with Crippen molar-refractivity contribution in [2.24, 2.45) is 5.73 Å². The Labute approximate surface area is 113 Å². The highest BCUT2D eigenvalue weighted by atomic mass is 79.9. The van der Waals surface area contributed by atoms with Gasteiger partial charge in [-0.2, -0.15) is 0 Å². The number of hydrogen-bond acceptors (Lipinski definition) is 1. The Kier molecular flexibility index (Phi) is 6.53. The van der Waals surface area contributed by atoms with Gasteiger partial charge in [-0.25, -0.2) is 0 Å². The molecule has 0 spiro atoms. The molecule has 0 amide bonds. The maximum absolute atomic E-state index is 6.19. The molecule has 0 aliphatic heterocycles. The van der Waals surface area contributed by atoms with Crippen molar-refractivity contribution in [1.82, 2.24) is 0 Å². The highest BCUT2D eigenvalue weighted by Crippen LogP contribution is 2.23. The lowest BCUT2D eigenvalue weighted by molar-refractivity contribution is 0.572. The van der Waals surface area contributed by atoms with Crippen molar-refractivity contribution in [2.75, 3.05) is 0 Å². The summed E-state index contributed by atoms with van der Waals surface area (Å²) < 4.78 is 1.15. The number of rotatable bonds is 7. The molecule has 2 N–H and O–H groups in total. The molecule has 0 fully saturated rings. The van der Waals surface area contributed by atoms with Gasteiger partial charge < -0.3 is 5.73 Å². The summed E-state index contributed by atoms with van der Waals surface area (Å²) in [6.45, 7) is 5.82. The molecule has 0 aliphatic rings. The normalized spacial score (nSPS) is 12.4. The van der Waals surface area contributed by atoms with Gasteiger partial charge in [-0.3, -0.25) is 0 Å². The average molecular weight is 296 g/mol. The van der Waals surface area contributed by atoms with E-state index in [9.17, 15) is 0 Å². The maximum atomic E-state index is 6.19. The number of allylic oxidation sites excluding steroid dienone is 1. The Hall–Kier alpha value is -0.600. The average Bonchev–Trinajstić information content (AvgIpc) is 2.32. The smallest absolute Gasteiger partial charge is 0.0295 e. The predicted octanol–water partition coefficient (Wildman–Crippen LogP) is 4.89. The highest BCUT2D eigenvalue weighted by molar-refractivity contribution is 9.10. The summed E-state index contributed by atoms with van der Waals surface area (Å²) >= 11 is 3.55.